The van der Waals surface area contributed by atoms with E-state index in [2.05, 4.69) is 15.4 Å². The summed E-state index contributed by atoms with van der Waals surface area (Å²) in [6.07, 6.45) is 3.56. The summed E-state index contributed by atoms with van der Waals surface area (Å²) >= 11 is 0. The van der Waals surface area contributed by atoms with E-state index < -0.39 is 11.5 Å². The molecule has 1 aromatic heterocycles. The largest absolute Gasteiger partial charge is 0.507 e. The fraction of sp³-hybridized carbons (Fsp3) is 0.281. The lowest BCUT2D eigenvalue weighted by Gasteiger charge is -2.21. The molecule has 5 rings (SSSR count). The summed E-state index contributed by atoms with van der Waals surface area (Å²) < 4.78 is 5.63. The van der Waals surface area contributed by atoms with Crippen LogP contribution < -0.4 is 11.1 Å². The number of hydrazone groups is 1. The number of amides is 1. The third kappa shape index (κ3) is 6.62. The van der Waals surface area contributed by atoms with Crippen LogP contribution >= 0.6 is 0 Å². The molecule has 200 valence electrons. The van der Waals surface area contributed by atoms with Crippen LogP contribution in [0.25, 0.3) is 11.0 Å². The lowest BCUT2D eigenvalue weighted by Crippen LogP contribution is -2.27. The molecule has 0 radical (unpaired) electrons. The van der Waals surface area contributed by atoms with Gasteiger partial charge in [-0.05, 0) is 55.6 Å². The minimum Gasteiger partial charge on any atom is -0.507 e. The van der Waals surface area contributed by atoms with Gasteiger partial charge in [0.2, 0.25) is 5.91 Å². The smallest absolute Gasteiger partial charge is 0.343 e. The molecule has 0 unspecified atom stereocenters. The highest BCUT2D eigenvalue weighted by Gasteiger charge is 2.27. The Morgan fingerprint density at radius 2 is 1.62 bits per heavy atom. The van der Waals surface area contributed by atoms with Crippen LogP contribution in [0.5, 0.6) is 5.75 Å². The molecule has 2 N–H and O–H groups in total. The van der Waals surface area contributed by atoms with Crippen molar-refractivity contribution < 1.29 is 14.3 Å². The predicted molar refractivity (Wildman–Crippen MR) is 153 cm³/mol. The fourth-order valence-corrected chi connectivity index (χ4v) is 5.22. The first-order chi connectivity index (χ1) is 19.1. The van der Waals surface area contributed by atoms with Crippen molar-refractivity contribution in [1.29, 1.82) is 0 Å². The molecule has 4 aromatic rings. The van der Waals surface area contributed by atoms with E-state index in [1.54, 1.807) is 24.3 Å². The molecule has 1 saturated heterocycles. The molecule has 1 aliphatic heterocycles. The molecule has 7 heteroatoms. The molecule has 39 heavy (non-hydrogen) atoms. The molecule has 7 nitrogen and oxygen atoms in total. The zero-order valence-corrected chi connectivity index (χ0v) is 21.9. The van der Waals surface area contributed by atoms with Gasteiger partial charge < -0.3 is 14.4 Å². The van der Waals surface area contributed by atoms with E-state index in [1.807, 2.05) is 60.7 Å². The molecule has 1 fully saturated rings. The Kier molecular flexibility index (Phi) is 8.48. The lowest BCUT2D eigenvalue weighted by molar-refractivity contribution is -0.120. The van der Waals surface area contributed by atoms with Gasteiger partial charge in [-0.3, -0.25) is 4.79 Å². The maximum Gasteiger partial charge on any atom is 0.343 e. The molecule has 1 atom stereocenters. The van der Waals surface area contributed by atoms with Gasteiger partial charge in [0.1, 0.15) is 11.3 Å². The van der Waals surface area contributed by atoms with Crippen molar-refractivity contribution >= 4 is 22.6 Å². The first kappa shape index (κ1) is 26.4. The number of hydrogen-bond donors (Lipinski definition) is 2. The number of nitrogens with one attached hydrogen (secondary N) is 1. The number of carbonyl (C=O) groups excluding carboxylic acids is 1. The Morgan fingerprint density at radius 3 is 2.36 bits per heavy atom. The van der Waals surface area contributed by atoms with Gasteiger partial charge >= 0.3 is 5.63 Å². The van der Waals surface area contributed by atoms with E-state index in [9.17, 15) is 14.7 Å². The first-order valence-electron chi connectivity index (χ1n) is 13.5. The van der Waals surface area contributed by atoms with Crippen molar-refractivity contribution in [1.82, 2.24) is 10.3 Å². The molecule has 1 aliphatic rings. The minimum absolute atomic E-state index is 0.0808. The number of rotatable bonds is 10. The van der Waals surface area contributed by atoms with E-state index in [4.69, 9.17) is 4.42 Å². The molecular formula is C32H33N3O4. The average Bonchev–Trinajstić information content (AvgIpc) is 3.48. The number of fused-ring (bicyclic) bond motifs is 1. The van der Waals surface area contributed by atoms with E-state index in [-0.39, 0.29) is 23.6 Å². The van der Waals surface area contributed by atoms with E-state index >= 15 is 0 Å². The highest BCUT2D eigenvalue weighted by Crippen LogP contribution is 2.36. The maximum atomic E-state index is 13.2. The third-order valence-electron chi connectivity index (χ3n) is 7.27. The summed E-state index contributed by atoms with van der Waals surface area (Å²) in [5.74, 6) is -0.790. The highest BCUT2D eigenvalue weighted by atomic mass is 16.4. The van der Waals surface area contributed by atoms with Crippen LogP contribution in [-0.2, 0) is 11.2 Å². The number of para-hydroxylation sites is 1. The van der Waals surface area contributed by atoms with Gasteiger partial charge in [0.25, 0.3) is 0 Å². The minimum atomic E-state index is -0.577. The standard InChI is InChI=1S/C32H33N3O4/c36-29(21-23-11-3-1-4-12-23)34-33-25(17-20-35-18-9-10-19-35)22-27(24-13-5-2-6-14-24)30-31(37)26-15-7-8-16-28(26)39-32(30)38/h1-8,11-16,27,37H,9-10,17-22H2,(H,34,36)/b33-25+/t27-/m1/s1. The summed E-state index contributed by atoms with van der Waals surface area (Å²) in [4.78, 5) is 28.4. The second kappa shape index (κ2) is 12.5. The van der Waals surface area contributed by atoms with Crippen molar-refractivity contribution in [3.05, 3.63) is 112 Å². The monoisotopic (exact) mass is 523 g/mol. The van der Waals surface area contributed by atoms with Crippen molar-refractivity contribution in [2.45, 2.75) is 38.0 Å². The molecule has 1 amide bonds. The van der Waals surface area contributed by atoms with Gasteiger partial charge in [0.05, 0.1) is 17.4 Å². The molecule has 3 aromatic carbocycles. The Balaban J connectivity index is 1.47. The van der Waals surface area contributed by atoms with Crippen LogP contribution in [0.15, 0.2) is 99.2 Å². The van der Waals surface area contributed by atoms with E-state index in [0.717, 1.165) is 36.5 Å². The van der Waals surface area contributed by atoms with Crippen molar-refractivity contribution in [3.8, 4) is 5.75 Å². The third-order valence-corrected chi connectivity index (χ3v) is 7.27. The highest BCUT2D eigenvalue weighted by molar-refractivity contribution is 5.89. The number of likely N-dealkylation sites (tertiary alicyclic amines) is 1. The molecule has 0 bridgehead atoms. The van der Waals surface area contributed by atoms with E-state index in [1.165, 1.54) is 12.8 Å². The van der Waals surface area contributed by atoms with Gasteiger partial charge in [-0.2, -0.15) is 5.10 Å². The maximum absolute atomic E-state index is 13.2. The number of nitrogens with zero attached hydrogens (tertiary/aromatic N) is 2. The lowest BCUT2D eigenvalue weighted by atomic mass is 9.86. The molecule has 0 saturated carbocycles. The Bertz CT molecular complexity index is 1490. The van der Waals surface area contributed by atoms with Gasteiger partial charge in [0, 0.05) is 24.6 Å². The van der Waals surface area contributed by atoms with Crippen molar-refractivity contribution in [2.75, 3.05) is 19.6 Å². The number of benzene rings is 3. The Hall–Kier alpha value is -4.23. The summed E-state index contributed by atoms with van der Waals surface area (Å²) in [7, 11) is 0. The summed E-state index contributed by atoms with van der Waals surface area (Å²) in [5.41, 5.74) is 5.22. The van der Waals surface area contributed by atoms with Crippen LogP contribution in [0, 0.1) is 0 Å². The first-order valence-corrected chi connectivity index (χ1v) is 13.5. The fourth-order valence-electron chi connectivity index (χ4n) is 5.22. The van der Waals surface area contributed by atoms with Gasteiger partial charge in [-0.15, -0.1) is 0 Å². The SMILES string of the molecule is O=C(Cc1ccccc1)N/N=C(\CCN1CCCC1)C[C@H](c1ccccc1)c1c(O)c2ccccc2oc1=O. The van der Waals surface area contributed by atoms with Gasteiger partial charge in [0.15, 0.2) is 0 Å². The zero-order chi connectivity index (χ0) is 27.0. The van der Waals surface area contributed by atoms with Gasteiger partial charge in [-0.1, -0.05) is 72.8 Å². The average molecular weight is 524 g/mol. The van der Waals surface area contributed by atoms with Crippen LogP contribution in [0.4, 0.5) is 0 Å². The summed E-state index contributed by atoms with van der Waals surface area (Å²) in [6.45, 7) is 2.91. The number of aromatic hydroxyl groups is 1. The predicted octanol–water partition coefficient (Wildman–Crippen LogP) is 5.22. The van der Waals surface area contributed by atoms with Gasteiger partial charge in [-0.25, -0.2) is 10.2 Å². The number of carbonyl (C=O) groups is 1. The van der Waals surface area contributed by atoms with Crippen molar-refractivity contribution in [2.24, 2.45) is 5.10 Å². The Labute approximate surface area is 227 Å². The second-order valence-electron chi connectivity index (χ2n) is 9.99. The van der Waals surface area contributed by atoms with Crippen LogP contribution in [0.2, 0.25) is 0 Å². The van der Waals surface area contributed by atoms with Crippen LogP contribution in [0.3, 0.4) is 0 Å². The van der Waals surface area contributed by atoms with Crippen molar-refractivity contribution in [3.63, 3.8) is 0 Å². The summed E-state index contributed by atoms with van der Waals surface area (Å²) in [5, 5.41) is 16.3. The molecule has 2 heterocycles. The molecule has 0 aliphatic carbocycles. The zero-order valence-electron chi connectivity index (χ0n) is 21.9. The molecule has 0 spiro atoms. The Morgan fingerprint density at radius 1 is 0.949 bits per heavy atom. The van der Waals surface area contributed by atoms with Crippen LogP contribution in [-0.4, -0.2) is 41.3 Å². The second-order valence-corrected chi connectivity index (χ2v) is 9.99. The normalized spacial score (nSPS) is 14.9. The summed E-state index contributed by atoms with van der Waals surface area (Å²) in [6, 6.07) is 26.1. The quantitative estimate of drug-likeness (QED) is 0.169. The number of hydrogen-bond acceptors (Lipinski definition) is 6. The van der Waals surface area contributed by atoms with E-state index in [0.29, 0.717) is 23.8 Å². The molecular weight excluding hydrogens is 490 g/mol. The van der Waals surface area contributed by atoms with Crippen LogP contribution in [0.1, 0.15) is 48.3 Å². The topological polar surface area (TPSA) is 95.1 Å².